The third-order valence-corrected chi connectivity index (χ3v) is 5.50. The van der Waals surface area contributed by atoms with Crippen molar-refractivity contribution in [3.8, 4) is 34.4 Å². The first-order valence-corrected chi connectivity index (χ1v) is 10.2. The topological polar surface area (TPSA) is 101 Å². The molecule has 2 aromatic heterocycles. The molecule has 32 heavy (non-hydrogen) atoms. The zero-order chi connectivity index (χ0) is 22.8. The fourth-order valence-corrected chi connectivity index (χ4v) is 4.02. The summed E-state index contributed by atoms with van der Waals surface area (Å²) in [4.78, 5) is 28.8. The van der Waals surface area contributed by atoms with E-state index in [2.05, 4.69) is 10.1 Å². The molecule has 0 spiro atoms. The first kappa shape index (κ1) is 21.3. The molecule has 0 saturated heterocycles. The molecule has 0 radical (unpaired) electrons. The first-order valence-electron chi connectivity index (χ1n) is 9.43. The Kier molecular flexibility index (Phi) is 5.78. The monoisotopic (exact) mass is 453 g/mol. The number of benzene rings is 2. The van der Waals surface area contributed by atoms with Gasteiger partial charge >= 0.3 is 5.97 Å². The lowest BCUT2D eigenvalue weighted by Gasteiger charge is -2.12. The summed E-state index contributed by atoms with van der Waals surface area (Å²) in [5.74, 6) is 1.81. The van der Waals surface area contributed by atoms with Crippen LogP contribution < -0.4 is 29.0 Å². The largest absolute Gasteiger partial charge is 0.493 e. The van der Waals surface area contributed by atoms with E-state index in [1.54, 1.807) is 42.5 Å². The molecule has 0 aliphatic rings. The maximum absolute atomic E-state index is 12.8. The second-order valence-corrected chi connectivity index (χ2v) is 7.63. The van der Waals surface area contributed by atoms with E-state index < -0.39 is 5.97 Å². The summed E-state index contributed by atoms with van der Waals surface area (Å²) in [6.07, 6.45) is 1.74. The highest BCUT2D eigenvalue weighted by molar-refractivity contribution is 7.15. The van der Waals surface area contributed by atoms with Crippen molar-refractivity contribution in [2.75, 3.05) is 21.3 Å². The molecule has 0 unspecified atom stereocenters. The number of hydrogen-bond acceptors (Lipinski definition) is 9. The van der Waals surface area contributed by atoms with E-state index >= 15 is 0 Å². The molecular weight excluding hydrogens is 434 g/mol. The summed E-state index contributed by atoms with van der Waals surface area (Å²) in [6, 6.07) is 10.3. The van der Waals surface area contributed by atoms with Gasteiger partial charge in [0, 0.05) is 12.5 Å². The molecule has 164 valence electrons. The van der Waals surface area contributed by atoms with Crippen LogP contribution in [0.4, 0.5) is 0 Å². The molecule has 10 heteroatoms. The van der Waals surface area contributed by atoms with Crippen LogP contribution in [-0.4, -0.2) is 41.9 Å². The fourth-order valence-electron chi connectivity index (χ4n) is 3.12. The average molecular weight is 453 g/mol. The molecule has 4 aromatic rings. The molecule has 0 fully saturated rings. The second-order valence-electron chi connectivity index (χ2n) is 6.62. The molecule has 0 saturated carbocycles. The standard InChI is InChI=1S/C22H19N3O6S/c1-12(26)31-15-7-5-13(6-8-15)9-18-21(27)25-22(32-18)23-20(24-25)14-10-16(28-2)19(30-4)17(11-14)29-3/h5-11H,1-4H3. The number of nitrogens with zero attached hydrogens (tertiary/aromatic N) is 3. The zero-order valence-corrected chi connectivity index (χ0v) is 18.6. The molecule has 0 aliphatic heterocycles. The average Bonchev–Trinajstić information content (AvgIpc) is 3.33. The summed E-state index contributed by atoms with van der Waals surface area (Å²) in [6.45, 7) is 1.34. The molecule has 0 amide bonds. The van der Waals surface area contributed by atoms with Crippen LogP contribution in [0.25, 0.3) is 22.4 Å². The van der Waals surface area contributed by atoms with E-state index in [-0.39, 0.29) is 5.56 Å². The minimum absolute atomic E-state index is 0.278. The number of methoxy groups -OCH3 is 3. The highest BCUT2D eigenvalue weighted by atomic mass is 32.1. The van der Waals surface area contributed by atoms with Gasteiger partial charge in [-0.15, -0.1) is 5.10 Å². The summed E-state index contributed by atoms with van der Waals surface area (Å²) in [7, 11) is 4.57. The van der Waals surface area contributed by atoms with Crippen LogP contribution in [0.2, 0.25) is 0 Å². The molecule has 9 nitrogen and oxygen atoms in total. The number of hydrogen-bond donors (Lipinski definition) is 0. The predicted molar refractivity (Wildman–Crippen MR) is 119 cm³/mol. The Morgan fingerprint density at radius 3 is 2.22 bits per heavy atom. The lowest BCUT2D eigenvalue weighted by molar-refractivity contribution is -0.131. The molecule has 0 bridgehead atoms. The Hall–Kier alpha value is -3.92. The van der Waals surface area contributed by atoms with Crippen LogP contribution >= 0.6 is 11.3 Å². The number of thiazole rings is 1. The molecule has 0 N–H and O–H groups in total. The quantitative estimate of drug-likeness (QED) is 0.324. The predicted octanol–water partition coefficient (Wildman–Crippen LogP) is 2.32. The van der Waals surface area contributed by atoms with Crippen LogP contribution in [0, 0.1) is 0 Å². The number of rotatable bonds is 6. The van der Waals surface area contributed by atoms with Crippen molar-refractivity contribution >= 4 is 28.3 Å². The van der Waals surface area contributed by atoms with E-state index in [0.29, 0.717) is 43.9 Å². The minimum Gasteiger partial charge on any atom is -0.493 e. The van der Waals surface area contributed by atoms with Gasteiger partial charge in [-0.1, -0.05) is 23.5 Å². The van der Waals surface area contributed by atoms with Gasteiger partial charge in [-0.05, 0) is 35.9 Å². The van der Waals surface area contributed by atoms with Crippen molar-refractivity contribution in [1.82, 2.24) is 14.6 Å². The normalized spacial score (nSPS) is 11.6. The number of ether oxygens (including phenoxy) is 4. The third-order valence-electron chi connectivity index (χ3n) is 4.54. The fraction of sp³-hybridized carbons (Fsp3) is 0.182. The van der Waals surface area contributed by atoms with Gasteiger partial charge in [0.05, 0.1) is 25.9 Å². The van der Waals surface area contributed by atoms with Crippen LogP contribution in [0.3, 0.4) is 0 Å². The third kappa shape index (κ3) is 4.00. The van der Waals surface area contributed by atoms with Crippen LogP contribution in [0.15, 0.2) is 41.2 Å². The smallest absolute Gasteiger partial charge is 0.308 e. The number of aromatic nitrogens is 3. The van der Waals surface area contributed by atoms with E-state index in [1.165, 1.54) is 44.1 Å². The first-order chi connectivity index (χ1) is 15.4. The second kappa shape index (κ2) is 8.67. The van der Waals surface area contributed by atoms with Crippen LogP contribution in [0.1, 0.15) is 12.5 Å². The summed E-state index contributed by atoms with van der Waals surface area (Å²) < 4.78 is 22.9. The Labute approximate surface area is 186 Å². The molecular formula is C22H19N3O6S. The van der Waals surface area contributed by atoms with Gasteiger partial charge in [-0.25, -0.2) is 0 Å². The van der Waals surface area contributed by atoms with Gasteiger partial charge < -0.3 is 18.9 Å². The van der Waals surface area contributed by atoms with Crippen LogP contribution in [-0.2, 0) is 4.79 Å². The van der Waals surface area contributed by atoms with E-state index in [0.717, 1.165) is 5.56 Å². The van der Waals surface area contributed by atoms with Crippen molar-refractivity contribution in [3.63, 3.8) is 0 Å². The van der Waals surface area contributed by atoms with E-state index in [4.69, 9.17) is 18.9 Å². The van der Waals surface area contributed by atoms with Crippen molar-refractivity contribution in [2.24, 2.45) is 0 Å². The number of fused-ring (bicyclic) bond motifs is 1. The highest BCUT2D eigenvalue weighted by Crippen LogP contribution is 2.40. The van der Waals surface area contributed by atoms with E-state index in [9.17, 15) is 9.59 Å². The highest BCUT2D eigenvalue weighted by Gasteiger charge is 2.18. The molecule has 0 atom stereocenters. The van der Waals surface area contributed by atoms with Gasteiger partial charge in [0.2, 0.25) is 10.7 Å². The Bertz CT molecular complexity index is 1380. The van der Waals surface area contributed by atoms with Crippen LogP contribution in [0.5, 0.6) is 23.0 Å². The number of esters is 1. The summed E-state index contributed by atoms with van der Waals surface area (Å²) in [5.41, 5.74) is 1.13. The van der Waals surface area contributed by atoms with Crippen molar-refractivity contribution in [2.45, 2.75) is 6.92 Å². The SMILES string of the molecule is COc1cc(-c2nc3sc(=Cc4ccc(OC(C)=O)cc4)c(=O)n3n2)cc(OC)c1OC. The van der Waals surface area contributed by atoms with Gasteiger partial charge in [-0.2, -0.15) is 9.50 Å². The summed E-state index contributed by atoms with van der Waals surface area (Å²) in [5, 5.41) is 4.37. The number of carbonyl (C=O) groups excluding carboxylic acids is 1. The minimum atomic E-state index is -0.392. The lowest BCUT2D eigenvalue weighted by atomic mass is 10.1. The number of carbonyl (C=O) groups is 1. The Morgan fingerprint density at radius 1 is 1.03 bits per heavy atom. The maximum atomic E-state index is 12.8. The van der Waals surface area contributed by atoms with Crippen molar-refractivity contribution in [3.05, 3.63) is 56.8 Å². The van der Waals surface area contributed by atoms with Gasteiger partial charge in [-0.3, -0.25) is 9.59 Å². The van der Waals surface area contributed by atoms with E-state index in [1.807, 2.05) is 0 Å². The Balaban J connectivity index is 1.72. The molecule has 4 rings (SSSR count). The molecule has 2 aromatic carbocycles. The lowest BCUT2D eigenvalue weighted by Crippen LogP contribution is -2.23. The maximum Gasteiger partial charge on any atom is 0.308 e. The molecule has 0 aliphatic carbocycles. The summed E-state index contributed by atoms with van der Waals surface area (Å²) >= 11 is 1.23. The van der Waals surface area contributed by atoms with Gasteiger partial charge in [0.15, 0.2) is 17.3 Å². The molecule has 2 heterocycles. The Morgan fingerprint density at radius 2 is 1.69 bits per heavy atom. The van der Waals surface area contributed by atoms with Crippen molar-refractivity contribution in [1.29, 1.82) is 0 Å². The van der Waals surface area contributed by atoms with Gasteiger partial charge in [0.25, 0.3) is 5.56 Å². The zero-order valence-electron chi connectivity index (χ0n) is 17.7. The van der Waals surface area contributed by atoms with Gasteiger partial charge in [0.1, 0.15) is 5.75 Å². The van der Waals surface area contributed by atoms with Crippen molar-refractivity contribution < 1.29 is 23.7 Å².